The van der Waals surface area contributed by atoms with E-state index in [1.54, 1.807) is 12.2 Å². The maximum absolute atomic E-state index is 11.8. The molecule has 1 aliphatic heterocycles. The predicted octanol–water partition coefficient (Wildman–Crippen LogP) is 1.55. The second-order valence-electron chi connectivity index (χ2n) is 4.38. The standard InChI is InChI=1S/C12H22N2O/c1-4-6-12(15)14(10(2)3)9-11-7-5-8-13-11/h4,6,10-11,13H,5,7-9H2,1-3H3/b6-4+. The molecule has 1 heterocycles. The average molecular weight is 210 g/mol. The van der Waals surface area contributed by atoms with Gasteiger partial charge in [-0.25, -0.2) is 0 Å². The van der Waals surface area contributed by atoms with Crippen molar-refractivity contribution in [2.45, 2.75) is 45.7 Å². The van der Waals surface area contributed by atoms with Gasteiger partial charge in [0, 0.05) is 18.6 Å². The van der Waals surface area contributed by atoms with Gasteiger partial charge in [-0.05, 0) is 46.2 Å². The number of hydrogen-bond donors (Lipinski definition) is 1. The molecule has 1 saturated heterocycles. The van der Waals surface area contributed by atoms with Gasteiger partial charge in [0.1, 0.15) is 0 Å². The molecule has 1 amide bonds. The molecule has 0 radical (unpaired) electrons. The number of amides is 1. The van der Waals surface area contributed by atoms with E-state index in [-0.39, 0.29) is 11.9 Å². The van der Waals surface area contributed by atoms with E-state index in [4.69, 9.17) is 0 Å². The Morgan fingerprint density at radius 3 is 2.80 bits per heavy atom. The normalized spacial score (nSPS) is 21.5. The Labute approximate surface area is 92.5 Å². The van der Waals surface area contributed by atoms with Crippen LogP contribution in [0.4, 0.5) is 0 Å². The fraction of sp³-hybridized carbons (Fsp3) is 0.750. The van der Waals surface area contributed by atoms with Gasteiger partial charge < -0.3 is 10.2 Å². The zero-order chi connectivity index (χ0) is 11.3. The average Bonchev–Trinajstić information content (AvgIpc) is 2.66. The van der Waals surface area contributed by atoms with E-state index in [0.717, 1.165) is 13.1 Å². The van der Waals surface area contributed by atoms with E-state index in [2.05, 4.69) is 19.2 Å². The summed E-state index contributed by atoms with van der Waals surface area (Å²) in [5.74, 6) is 0.126. The number of nitrogens with one attached hydrogen (secondary N) is 1. The van der Waals surface area contributed by atoms with Crippen LogP contribution >= 0.6 is 0 Å². The molecule has 3 nitrogen and oxygen atoms in total. The maximum atomic E-state index is 11.8. The predicted molar refractivity (Wildman–Crippen MR) is 62.7 cm³/mol. The number of carbonyl (C=O) groups is 1. The largest absolute Gasteiger partial charge is 0.335 e. The molecule has 86 valence electrons. The minimum Gasteiger partial charge on any atom is -0.335 e. The molecule has 1 fully saturated rings. The molecule has 0 aromatic heterocycles. The lowest BCUT2D eigenvalue weighted by molar-refractivity contribution is -0.128. The van der Waals surface area contributed by atoms with Crippen LogP contribution in [-0.4, -0.2) is 36.0 Å². The molecule has 0 aromatic rings. The summed E-state index contributed by atoms with van der Waals surface area (Å²) in [6.45, 7) is 7.94. The molecule has 15 heavy (non-hydrogen) atoms. The Balaban J connectivity index is 2.53. The second kappa shape index (κ2) is 5.91. The molecule has 0 bridgehead atoms. The van der Waals surface area contributed by atoms with E-state index >= 15 is 0 Å². The minimum atomic E-state index is 0.126. The van der Waals surface area contributed by atoms with Crippen LogP contribution in [0.5, 0.6) is 0 Å². The number of carbonyl (C=O) groups excluding carboxylic acids is 1. The van der Waals surface area contributed by atoms with Crippen LogP contribution in [0.2, 0.25) is 0 Å². The summed E-state index contributed by atoms with van der Waals surface area (Å²) in [4.78, 5) is 13.7. The first-order valence-electron chi connectivity index (χ1n) is 5.81. The third-order valence-electron chi connectivity index (χ3n) is 2.80. The lowest BCUT2D eigenvalue weighted by Gasteiger charge is -2.28. The van der Waals surface area contributed by atoms with E-state index in [0.29, 0.717) is 6.04 Å². The molecule has 0 aliphatic carbocycles. The van der Waals surface area contributed by atoms with Crippen molar-refractivity contribution in [2.24, 2.45) is 0 Å². The highest BCUT2D eigenvalue weighted by Gasteiger charge is 2.21. The van der Waals surface area contributed by atoms with Gasteiger partial charge in [0.05, 0.1) is 0 Å². The molecule has 1 rings (SSSR count). The molecule has 0 spiro atoms. The molecular weight excluding hydrogens is 188 g/mol. The highest BCUT2D eigenvalue weighted by atomic mass is 16.2. The quantitative estimate of drug-likeness (QED) is 0.714. The van der Waals surface area contributed by atoms with Crippen molar-refractivity contribution >= 4 is 5.91 Å². The zero-order valence-electron chi connectivity index (χ0n) is 9.99. The molecule has 1 unspecified atom stereocenters. The lowest BCUT2D eigenvalue weighted by Crippen LogP contribution is -2.44. The van der Waals surface area contributed by atoms with Gasteiger partial charge in [0.2, 0.25) is 5.91 Å². The van der Waals surface area contributed by atoms with Crippen LogP contribution in [0.25, 0.3) is 0 Å². The number of allylic oxidation sites excluding steroid dienone is 1. The lowest BCUT2D eigenvalue weighted by atomic mass is 10.2. The third-order valence-corrected chi connectivity index (χ3v) is 2.80. The van der Waals surface area contributed by atoms with Gasteiger partial charge >= 0.3 is 0 Å². The van der Waals surface area contributed by atoms with E-state index in [1.807, 2.05) is 11.8 Å². The van der Waals surface area contributed by atoms with Crippen molar-refractivity contribution < 1.29 is 4.79 Å². The smallest absolute Gasteiger partial charge is 0.246 e. The highest BCUT2D eigenvalue weighted by Crippen LogP contribution is 2.09. The van der Waals surface area contributed by atoms with Crippen molar-refractivity contribution in [3.05, 3.63) is 12.2 Å². The van der Waals surface area contributed by atoms with Gasteiger partial charge in [-0.15, -0.1) is 0 Å². The van der Waals surface area contributed by atoms with Crippen LogP contribution < -0.4 is 5.32 Å². The Bertz CT molecular complexity index is 230. The molecule has 0 aromatic carbocycles. The fourth-order valence-corrected chi connectivity index (χ4v) is 1.94. The van der Waals surface area contributed by atoms with Crippen LogP contribution in [-0.2, 0) is 4.79 Å². The van der Waals surface area contributed by atoms with Gasteiger partial charge in [-0.3, -0.25) is 4.79 Å². The van der Waals surface area contributed by atoms with E-state index < -0.39 is 0 Å². The molecule has 1 aliphatic rings. The van der Waals surface area contributed by atoms with Gasteiger partial charge in [-0.2, -0.15) is 0 Å². The van der Waals surface area contributed by atoms with E-state index in [9.17, 15) is 4.79 Å². The third kappa shape index (κ3) is 3.67. The number of nitrogens with zero attached hydrogens (tertiary/aromatic N) is 1. The van der Waals surface area contributed by atoms with Crippen molar-refractivity contribution in [3.63, 3.8) is 0 Å². The van der Waals surface area contributed by atoms with Crippen molar-refractivity contribution in [3.8, 4) is 0 Å². The summed E-state index contributed by atoms with van der Waals surface area (Å²) < 4.78 is 0. The summed E-state index contributed by atoms with van der Waals surface area (Å²) >= 11 is 0. The fourth-order valence-electron chi connectivity index (χ4n) is 1.94. The highest BCUT2D eigenvalue weighted by molar-refractivity contribution is 5.87. The second-order valence-corrected chi connectivity index (χ2v) is 4.38. The Hall–Kier alpha value is -0.830. The molecule has 1 N–H and O–H groups in total. The Morgan fingerprint density at radius 1 is 1.60 bits per heavy atom. The molecule has 1 atom stereocenters. The summed E-state index contributed by atoms with van der Waals surface area (Å²) in [6, 6.07) is 0.762. The summed E-state index contributed by atoms with van der Waals surface area (Å²) in [5.41, 5.74) is 0. The minimum absolute atomic E-state index is 0.126. The SMILES string of the molecule is C/C=C/C(=O)N(CC1CCCN1)C(C)C. The summed E-state index contributed by atoms with van der Waals surface area (Å²) in [7, 11) is 0. The van der Waals surface area contributed by atoms with Gasteiger partial charge in [0.15, 0.2) is 0 Å². The van der Waals surface area contributed by atoms with E-state index in [1.165, 1.54) is 12.8 Å². The van der Waals surface area contributed by atoms with Gasteiger partial charge in [0.25, 0.3) is 0 Å². The topological polar surface area (TPSA) is 32.3 Å². The van der Waals surface area contributed by atoms with Crippen LogP contribution in [0.15, 0.2) is 12.2 Å². The first-order valence-corrected chi connectivity index (χ1v) is 5.81. The Kier molecular flexibility index (Phi) is 4.82. The van der Waals surface area contributed by atoms with Gasteiger partial charge in [-0.1, -0.05) is 6.08 Å². The van der Waals surface area contributed by atoms with Crippen molar-refractivity contribution in [1.82, 2.24) is 10.2 Å². The zero-order valence-corrected chi connectivity index (χ0v) is 9.99. The molecule has 3 heteroatoms. The van der Waals surface area contributed by atoms with Crippen molar-refractivity contribution in [1.29, 1.82) is 0 Å². The maximum Gasteiger partial charge on any atom is 0.246 e. The number of rotatable bonds is 4. The van der Waals surface area contributed by atoms with Crippen molar-refractivity contribution in [2.75, 3.05) is 13.1 Å². The van der Waals surface area contributed by atoms with Crippen LogP contribution in [0, 0.1) is 0 Å². The summed E-state index contributed by atoms with van der Waals surface area (Å²) in [5, 5.41) is 3.42. The first kappa shape index (κ1) is 12.2. The Morgan fingerprint density at radius 2 is 2.33 bits per heavy atom. The molecule has 0 saturated carbocycles. The summed E-state index contributed by atoms with van der Waals surface area (Å²) in [6.07, 6.45) is 5.87. The first-order chi connectivity index (χ1) is 7.15. The van der Waals surface area contributed by atoms with Crippen LogP contribution in [0.3, 0.4) is 0 Å². The number of hydrogen-bond acceptors (Lipinski definition) is 2. The molecular formula is C12H22N2O. The monoisotopic (exact) mass is 210 g/mol. The van der Waals surface area contributed by atoms with Crippen LogP contribution in [0.1, 0.15) is 33.6 Å².